The van der Waals surface area contributed by atoms with Crippen LogP contribution < -0.4 is 5.32 Å². The maximum absolute atomic E-state index is 10.2. The lowest BCUT2D eigenvalue weighted by molar-refractivity contribution is 0.0230. The molecule has 2 aliphatic rings. The van der Waals surface area contributed by atoms with Gasteiger partial charge in [-0.2, -0.15) is 0 Å². The fourth-order valence-electron chi connectivity index (χ4n) is 2.89. The second-order valence-corrected chi connectivity index (χ2v) is 5.59. The summed E-state index contributed by atoms with van der Waals surface area (Å²) in [4.78, 5) is 0. The van der Waals surface area contributed by atoms with E-state index in [9.17, 15) is 5.11 Å². The quantitative estimate of drug-likeness (QED) is 0.768. The van der Waals surface area contributed by atoms with Crippen LogP contribution in [0.5, 0.6) is 0 Å². The molecule has 16 heavy (non-hydrogen) atoms. The Hall–Kier alpha value is -0.120. The molecule has 2 unspecified atom stereocenters. The fraction of sp³-hybridized carbons (Fsp3) is 1.00. The maximum Gasteiger partial charge on any atom is 0.102 e. The Kier molecular flexibility index (Phi) is 4.22. The van der Waals surface area contributed by atoms with Crippen molar-refractivity contribution in [2.45, 2.75) is 57.1 Å². The molecule has 0 spiro atoms. The van der Waals surface area contributed by atoms with E-state index in [2.05, 4.69) is 12.2 Å². The normalized spacial score (nSPS) is 34.1. The van der Waals surface area contributed by atoms with E-state index in [1.54, 1.807) is 0 Å². The van der Waals surface area contributed by atoms with Crippen molar-refractivity contribution in [1.29, 1.82) is 0 Å². The number of rotatable bonds is 4. The van der Waals surface area contributed by atoms with Crippen molar-refractivity contribution in [1.82, 2.24) is 5.32 Å². The summed E-state index contributed by atoms with van der Waals surface area (Å²) >= 11 is 0. The van der Waals surface area contributed by atoms with Gasteiger partial charge in [-0.05, 0) is 25.7 Å². The summed E-state index contributed by atoms with van der Waals surface area (Å²) in [7, 11) is 0. The summed E-state index contributed by atoms with van der Waals surface area (Å²) in [6, 6.07) is 0.532. The van der Waals surface area contributed by atoms with Crippen LogP contribution in [0.15, 0.2) is 0 Å². The molecule has 2 N–H and O–H groups in total. The largest absolute Gasteiger partial charge is 0.386 e. The lowest BCUT2D eigenvalue weighted by atomic mass is 9.84. The van der Waals surface area contributed by atoms with E-state index >= 15 is 0 Å². The molecule has 0 radical (unpaired) electrons. The SMILES string of the molecule is CC(NCC1(O)CCOC1)C1CCCCC1. The van der Waals surface area contributed by atoms with Gasteiger partial charge in [-0.15, -0.1) is 0 Å². The minimum absolute atomic E-state index is 0.497. The summed E-state index contributed by atoms with van der Waals surface area (Å²) in [5.74, 6) is 0.805. The summed E-state index contributed by atoms with van der Waals surface area (Å²) < 4.78 is 5.25. The number of ether oxygens (including phenoxy) is 1. The van der Waals surface area contributed by atoms with E-state index < -0.39 is 5.60 Å². The Morgan fingerprint density at radius 1 is 1.38 bits per heavy atom. The Morgan fingerprint density at radius 2 is 2.12 bits per heavy atom. The van der Waals surface area contributed by atoms with E-state index in [0.717, 1.165) is 12.3 Å². The number of aliphatic hydroxyl groups is 1. The molecular weight excluding hydrogens is 202 g/mol. The highest BCUT2D eigenvalue weighted by Crippen LogP contribution is 2.26. The van der Waals surface area contributed by atoms with Crippen LogP contribution in [0, 0.1) is 5.92 Å². The standard InChI is InChI=1S/C13H25NO2/c1-11(12-5-3-2-4-6-12)14-9-13(15)7-8-16-10-13/h11-12,14-15H,2-10H2,1H3. The molecule has 0 aromatic rings. The summed E-state index contributed by atoms with van der Waals surface area (Å²) in [6.45, 7) is 4.15. The first-order valence-electron chi connectivity index (χ1n) is 6.73. The van der Waals surface area contributed by atoms with E-state index in [-0.39, 0.29) is 0 Å². The van der Waals surface area contributed by atoms with Gasteiger partial charge in [0.05, 0.1) is 6.61 Å². The Balaban J connectivity index is 1.71. The molecule has 2 rings (SSSR count). The molecule has 0 aromatic carbocycles. The van der Waals surface area contributed by atoms with Crippen molar-refractivity contribution in [3.63, 3.8) is 0 Å². The minimum atomic E-state index is -0.608. The van der Waals surface area contributed by atoms with E-state index in [4.69, 9.17) is 4.74 Å². The van der Waals surface area contributed by atoms with Crippen LogP contribution in [0.3, 0.4) is 0 Å². The van der Waals surface area contributed by atoms with E-state index in [1.165, 1.54) is 32.1 Å². The third kappa shape index (κ3) is 3.19. The van der Waals surface area contributed by atoms with Gasteiger partial charge in [0.15, 0.2) is 0 Å². The fourth-order valence-corrected chi connectivity index (χ4v) is 2.89. The molecular formula is C13H25NO2. The van der Waals surface area contributed by atoms with Crippen molar-refractivity contribution in [2.24, 2.45) is 5.92 Å². The zero-order valence-corrected chi connectivity index (χ0v) is 10.4. The van der Waals surface area contributed by atoms with Crippen molar-refractivity contribution in [2.75, 3.05) is 19.8 Å². The molecule has 1 heterocycles. The Bertz CT molecular complexity index is 208. The van der Waals surface area contributed by atoms with Crippen LogP contribution >= 0.6 is 0 Å². The second-order valence-electron chi connectivity index (χ2n) is 5.59. The summed E-state index contributed by atoms with van der Waals surface area (Å²) in [6.07, 6.45) is 7.64. The predicted molar refractivity (Wildman–Crippen MR) is 64.4 cm³/mol. The van der Waals surface area contributed by atoms with Crippen molar-refractivity contribution < 1.29 is 9.84 Å². The molecule has 1 saturated heterocycles. The first-order chi connectivity index (χ1) is 7.70. The predicted octanol–water partition coefficient (Wildman–Crippen LogP) is 1.70. The highest BCUT2D eigenvalue weighted by atomic mass is 16.5. The molecule has 1 aliphatic heterocycles. The van der Waals surface area contributed by atoms with Crippen LogP contribution in [-0.2, 0) is 4.74 Å². The molecule has 0 aromatic heterocycles. The third-order valence-electron chi connectivity index (χ3n) is 4.19. The van der Waals surface area contributed by atoms with Gasteiger partial charge in [-0.1, -0.05) is 19.3 Å². The van der Waals surface area contributed by atoms with Crippen LogP contribution in [0.4, 0.5) is 0 Å². The molecule has 2 atom stereocenters. The second kappa shape index (κ2) is 5.48. The monoisotopic (exact) mass is 227 g/mol. The first-order valence-corrected chi connectivity index (χ1v) is 6.73. The molecule has 0 amide bonds. The summed E-state index contributed by atoms with van der Waals surface area (Å²) in [5.41, 5.74) is -0.608. The van der Waals surface area contributed by atoms with E-state index in [1.807, 2.05) is 0 Å². The molecule has 2 fully saturated rings. The molecule has 0 bridgehead atoms. The zero-order chi connectivity index (χ0) is 11.4. The van der Waals surface area contributed by atoms with Crippen LogP contribution in [0.2, 0.25) is 0 Å². The molecule has 1 aliphatic carbocycles. The lowest BCUT2D eigenvalue weighted by Gasteiger charge is -2.31. The molecule has 3 heteroatoms. The third-order valence-corrected chi connectivity index (χ3v) is 4.19. The highest BCUT2D eigenvalue weighted by molar-refractivity contribution is 4.87. The van der Waals surface area contributed by atoms with Crippen LogP contribution in [-0.4, -0.2) is 36.5 Å². The molecule has 94 valence electrons. The summed E-state index contributed by atoms with van der Waals surface area (Å²) in [5, 5.41) is 13.7. The van der Waals surface area contributed by atoms with Crippen molar-refractivity contribution >= 4 is 0 Å². The van der Waals surface area contributed by atoms with Gasteiger partial charge in [-0.3, -0.25) is 0 Å². The molecule has 3 nitrogen and oxygen atoms in total. The van der Waals surface area contributed by atoms with Gasteiger partial charge in [0, 0.05) is 25.6 Å². The van der Waals surface area contributed by atoms with Gasteiger partial charge in [-0.25, -0.2) is 0 Å². The maximum atomic E-state index is 10.2. The minimum Gasteiger partial charge on any atom is -0.386 e. The van der Waals surface area contributed by atoms with Gasteiger partial charge in [0.25, 0.3) is 0 Å². The highest BCUT2D eigenvalue weighted by Gasteiger charge is 2.33. The van der Waals surface area contributed by atoms with Crippen molar-refractivity contribution in [3.05, 3.63) is 0 Å². The lowest BCUT2D eigenvalue weighted by Crippen LogP contribution is -2.46. The topological polar surface area (TPSA) is 41.5 Å². The number of nitrogens with one attached hydrogen (secondary N) is 1. The first kappa shape index (κ1) is 12.3. The van der Waals surface area contributed by atoms with Crippen LogP contribution in [0.25, 0.3) is 0 Å². The van der Waals surface area contributed by atoms with Gasteiger partial charge in [0.2, 0.25) is 0 Å². The average molecular weight is 227 g/mol. The average Bonchev–Trinajstić information content (AvgIpc) is 2.75. The van der Waals surface area contributed by atoms with E-state index in [0.29, 0.717) is 25.8 Å². The van der Waals surface area contributed by atoms with Gasteiger partial charge < -0.3 is 15.2 Å². The zero-order valence-electron chi connectivity index (χ0n) is 10.4. The number of hydrogen-bond acceptors (Lipinski definition) is 3. The van der Waals surface area contributed by atoms with Crippen LogP contribution in [0.1, 0.15) is 45.4 Å². The Labute approximate surface area is 98.6 Å². The smallest absolute Gasteiger partial charge is 0.102 e. The number of hydrogen-bond donors (Lipinski definition) is 2. The van der Waals surface area contributed by atoms with Gasteiger partial charge in [0.1, 0.15) is 5.60 Å². The van der Waals surface area contributed by atoms with Crippen molar-refractivity contribution in [3.8, 4) is 0 Å². The molecule has 1 saturated carbocycles. The Morgan fingerprint density at radius 3 is 2.75 bits per heavy atom. The van der Waals surface area contributed by atoms with Gasteiger partial charge >= 0.3 is 0 Å².